The number of carbonyl (C=O) groups excluding carboxylic acids is 2. The lowest BCUT2D eigenvalue weighted by Crippen LogP contribution is -2.30. The first-order chi connectivity index (χ1) is 10.5. The van der Waals surface area contributed by atoms with E-state index in [2.05, 4.69) is 26.0 Å². The minimum Gasteiger partial charge on any atom is -0.469 e. The lowest BCUT2D eigenvalue weighted by Gasteiger charge is -2.17. The van der Waals surface area contributed by atoms with Gasteiger partial charge in [0.1, 0.15) is 0 Å². The predicted octanol–water partition coefficient (Wildman–Crippen LogP) is 3.73. The van der Waals surface area contributed by atoms with E-state index in [4.69, 9.17) is 16.0 Å². The fourth-order valence-corrected chi connectivity index (χ4v) is 2.27. The fraction of sp³-hybridized carbons (Fsp3) is 0.200. The van der Waals surface area contributed by atoms with Gasteiger partial charge in [0.05, 0.1) is 19.6 Å². The standard InChI is InChI=1S/C15H13BrClNO4/c1-21-14(19)8-11(9-2-4-10(16)5-3-9)18-15(20)12-6-7-13(17)22-12/h2-7,11H,8H2,1H3,(H,18,20). The fourth-order valence-electron chi connectivity index (χ4n) is 1.86. The Kier molecular flexibility index (Phi) is 5.63. The topological polar surface area (TPSA) is 68.5 Å². The molecule has 0 spiro atoms. The number of hydrogen-bond acceptors (Lipinski definition) is 4. The van der Waals surface area contributed by atoms with Crippen LogP contribution >= 0.6 is 27.5 Å². The van der Waals surface area contributed by atoms with Crippen molar-refractivity contribution in [1.29, 1.82) is 0 Å². The summed E-state index contributed by atoms with van der Waals surface area (Å²) in [5.41, 5.74) is 0.777. The number of furan rings is 1. The molecule has 1 aromatic heterocycles. The molecule has 5 nitrogen and oxygen atoms in total. The van der Waals surface area contributed by atoms with Gasteiger partial charge in [-0.2, -0.15) is 0 Å². The SMILES string of the molecule is COC(=O)CC(NC(=O)c1ccc(Cl)o1)c1ccc(Br)cc1. The van der Waals surface area contributed by atoms with Crippen molar-refractivity contribution in [3.05, 3.63) is 57.4 Å². The number of methoxy groups -OCH3 is 1. The Morgan fingerprint density at radius 1 is 1.27 bits per heavy atom. The second kappa shape index (κ2) is 7.47. The van der Waals surface area contributed by atoms with Gasteiger partial charge >= 0.3 is 5.97 Å². The van der Waals surface area contributed by atoms with E-state index in [9.17, 15) is 9.59 Å². The molecule has 1 N–H and O–H groups in total. The van der Waals surface area contributed by atoms with Crippen LogP contribution in [0, 0.1) is 0 Å². The first-order valence-electron chi connectivity index (χ1n) is 6.38. The molecule has 1 atom stereocenters. The Balaban J connectivity index is 2.18. The van der Waals surface area contributed by atoms with Crippen molar-refractivity contribution in [2.75, 3.05) is 7.11 Å². The van der Waals surface area contributed by atoms with Gasteiger partial charge in [0.2, 0.25) is 0 Å². The average Bonchev–Trinajstić information content (AvgIpc) is 2.94. The van der Waals surface area contributed by atoms with Crippen molar-refractivity contribution < 1.29 is 18.7 Å². The smallest absolute Gasteiger partial charge is 0.307 e. The number of esters is 1. The number of ether oxygens (including phenoxy) is 1. The Morgan fingerprint density at radius 2 is 1.95 bits per heavy atom. The number of rotatable bonds is 5. The molecule has 1 amide bonds. The van der Waals surface area contributed by atoms with E-state index in [-0.39, 0.29) is 17.4 Å². The van der Waals surface area contributed by atoms with Crippen LogP contribution in [0.4, 0.5) is 0 Å². The van der Waals surface area contributed by atoms with E-state index in [1.165, 1.54) is 19.2 Å². The van der Waals surface area contributed by atoms with Gasteiger partial charge in [0.15, 0.2) is 11.0 Å². The summed E-state index contributed by atoms with van der Waals surface area (Å²) in [6.45, 7) is 0. The molecule has 0 saturated carbocycles. The summed E-state index contributed by atoms with van der Waals surface area (Å²) < 4.78 is 10.6. The van der Waals surface area contributed by atoms with Crippen LogP contribution in [-0.2, 0) is 9.53 Å². The van der Waals surface area contributed by atoms with Gasteiger partial charge in [0, 0.05) is 4.47 Å². The zero-order valence-electron chi connectivity index (χ0n) is 11.6. The Morgan fingerprint density at radius 3 is 2.50 bits per heavy atom. The van der Waals surface area contributed by atoms with Crippen molar-refractivity contribution in [3.63, 3.8) is 0 Å². The van der Waals surface area contributed by atoms with E-state index in [0.717, 1.165) is 10.0 Å². The second-order valence-electron chi connectivity index (χ2n) is 4.46. The molecular formula is C15H13BrClNO4. The summed E-state index contributed by atoms with van der Waals surface area (Å²) in [5.74, 6) is -0.800. The molecule has 1 aromatic carbocycles. The summed E-state index contributed by atoms with van der Waals surface area (Å²) in [5, 5.41) is 2.86. The normalized spacial score (nSPS) is 11.8. The summed E-state index contributed by atoms with van der Waals surface area (Å²) in [6.07, 6.45) is 0.0122. The van der Waals surface area contributed by atoms with Gasteiger partial charge in [-0.05, 0) is 41.4 Å². The number of benzene rings is 1. The first-order valence-corrected chi connectivity index (χ1v) is 7.55. The van der Waals surface area contributed by atoms with Crippen LogP contribution in [0.1, 0.15) is 28.6 Å². The van der Waals surface area contributed by atoms with Crippen LogP contribution in [0.2, 0.25) is 5.22 Å². The van der Waals surface area contributed by atoms with Gasteiger partial charge in [-0.15, -0.1) is 0 Å². The maximum absolute atomic E-state index is 12.2. The molecule has 0 radical (unpaired) electrons. The number of nitrogens with one attached hydrogen (secondary N) is 1. The van der Waals surface area contributed by atoms with Crippen LogP contribution in [0.25, 0.3) is 0 Å². The molecule has 22 heavy (non-hydrogen) atoms. The molecule has 0 aliphatic rings. The van der Waals surface area contributed by atoms with Crippen molar-refractivity contribution in [2.24, 2.45) is 0 Å². The maximum Gasteiger partial charge on any atom is 0.307 e. The van der Waals surface area contributed by atoms with E-state index < -0.39 is 17.9 Å². The molecule has 116 valence electrons. The molecule has 0 fully saturated rings. The molecule has 0 aliphatic heterocycles. The molecule has 0 aliphatic carbocycles. The van der Waals surface area contributed by atoms with E-state index in [1.807, 2.05) is 24.3 Å². The van der Waals surface area contributed by atoms with Crippen LogP contribution in [-0.4, -0.2) is 19.0 Å². The highest BCUT2D eigenvalue weighted by atomic mass is 79.9. The van der Waals surface area contributed by atoms with Crippen molar-refractivity contribution >= 4 is 39.4 Å². The highest BCUT2D eigenvalue weighted by Gasteiger charge is 2.21. The average molecular weight is 387 g/mol. The van der Waals surface area contributed by atoms with Crippen LogP contribution in [0.3, 0.4) is 0 Å². The van der Waals surface area contributed by atoms with E-state index in [0.29, 0.717) is 0 Å². The lowest BCUT2D eigenvalue weighted by atomic mass is 10.0. The number of hydrogen-bond donors (Lipinski definition) is 1. The Hall–Kier alpha value is -1.79. The zero-order valence-corrected chi connectivity index (χ0v) is 14.0. The molecule has 1 heterocycles. The third kappa shape index (κ3) is 4.35. The maximum atomic E-state index is 12.2. The highest BCUT2D eigenvalue weighted by molar-refractivity contribution is 9.10. The third-order valence-corrected chi connectivity index (χ3v) is 3.70. The Bertz CT molecular complexity index is 668. The van der Waals surface area contributed by atoms with Gasteiger partial charge in [0.25, 0.3) is 5.91 Å². The van der Waals surface area contributed by atoms with Crippen LogP contribution in [0.15, 0.2) is 45.3 Å². The summed E-state index contributed by atoms with van der Waals surface area (Å²) in [7, 11) is 1.30. The summed E-state index contributed by atoms with van der Waals surface area (Å²) in [6, 6.07) is 9.70. The van der Waals surface area contributed by atoms with E-state index >= 15 is 0 Å². The van der Waals surface area contributed by atoms with E-state index in [1.54, 1.807) is 0 Å². The lowest BCUT2D eigenvalue weighted by molar-refractivity contribution is -0.141. The van der Waals surface area contributed by atoms with Crippen LogP contribution in [0.5, 0.6) is 0 Å². The van der Waals surface area contributed by atoms with Gasteiger partial charge < -0.3 is 14.5 Å². The van der Waals surface area contributed by atoms with Gasteiger partial charge in [-0.1, -0.05) is 28.1 Å². The number of carbonyl (C=O) groups is 2. The highest BCUT2D eigenvalue weighted by Crippen LogP contribution is 2.21. The molecule has 1 unspecified atom stereocenters. The second-order valence-corrected chi connectivity index (χ2v) is 5.75. The summed E-state index contributed by atoms with van der Waals surface area (Å²) in [4.78, 5) is 23.7. The van der Waals surface area contributed by atoms with Crippen LogP contribution < -0.4 is 5.32 Å². The molecular weight excluding hydrogens is 374 g/mol. The van der Waals surface area contributed by atoms with Crippen molar-refractivity contribution in [3.8, 4) is 0 Å². The van der Waals surface area contributed by atoms with Crippen molar-refractivity contribution in [2.45, 2.75) is 12.5 Å². The molecule has 7 heteroatoms. The minimum absolute atomic E-state index is 0.0122. The zero-order chi connectivity index (χ0) is 16.1. The molecule has 2 rings (SSSR count). The number of halogens is 2. The Labute approximate surface area is 140 Å². The third-order valence-electron chi connectivity index (χ3n) is 2.97. The minimum atomic E-state index is -0.531. The van der Waals surface area contributed by atoms with Gasteiger partial charge in [-0.3, -0.25) is 9.59 Å². The summed E-state index contributed by atoms with van der Waals surface area (Å²) >= 11 is 9.00. The quantitative estimate of drug-likeness (QED) is 0.795. The molecule has 0 saturated heterocycles. The predicted molar refractivity (Wildman–Crippen MR) is 84.7 cm³/mol. The monoisotopic (exact) mass is 385 g/mol. The van der Waals surface area contributed by atoms with Crippen molar-refractivity contribution in [1.82, 2.24) is 5.32 Å². The number of amides is 1. The van der Waals surface area contributed by atoms with Gasteiger partial charge in [-0.25, -0.2) is 0 Å². The largest absolute Gasteiger partial charge is 0.469 e. The molecule has 0 bridgehead atoms. The first kappa shape index (κ1) is 16.6. The molecule has 2 aromatic rings.